The van der Waals surface area contributed by atoms with Crippen LogP contribution in [-0.2, 0) is 11.3 Å². The lowest BCUT2D eigenvalue weighted by atomic mass is 10.2. The molecular formula is C11H19N3OS. The number of hydrogen-bond acceptors (Lipinski definition) is 5. The summed E-state index contributed by atoms with van der Waals surface area (Å²) in [6, 6.07) is 0. The summed E-state index contributed by atoms with van der Waals surface area (Å²) in [5, 5.41) is 3.10. The minimum Gasteiger partial charge on any atom is -0.368 e. The molecule has 1 fully saturated rings. The molecule has 1 aliphatic rings. The van der Waals surface area contributed by atoms with Crippen LogP contribution in [0.25, 0.3) is 0 Å². The highest BCUT2D eigenvalue weighted by Gasteiger charge is 2.23. The maximum Gasteiger partial charge on any atom is 0.123 e. The van der Waals surface area contributed by atoms with Gasteiger partial charge in [-0.15, -0.1) is 11.3 Å². The summed E-state index contributed by atoms with van der Waals surface area (Å²) in [6.07, 6.45) is 1.34. The minimum absolute atomic E-state index is 0.144. The first-order valence-corrected chi connectivity index (χ1v) is 6.69. The topological polar surface area (TPSA) is 51.4 Å². The summed E-state index contributed by atoms with van der Waals surface area (Å²) in [5.41, 5.74) is 6.53. The van der Waals surface area contributed by atoms with Crippen LogP contribution >= 0.6 is 11.3 Å². The minimum atomic E-state index is 0.144. The summed E-state index contributed by atoms with van der Waals surface area (Å²) in [5.74, 6) is 0. The molecule has 0 aliphatic carbocycles. The van der Waals surface area contributed by atoms with Crippen molar-refractivity contribution >= 4 is 11.3 Å². The van der Waals surface area contributed by atoms with E-state index in [0.717, 1.165) is 36.9 Å². The molecule has 2 N–H and O–H groups in total. The molecule has 4 nitrogen and oxygen atoms in total. The Morgan fingerprint density at radius 3 is 3.25 bits per heavy atom. The number of morpholine rings is 1. The van der Waals surface area contributed by atoms with Gasteiger partial charge in [0.25, 0.3) is 0 Å². The first-order valence-electron chi connectivity index (χ1n) is 5.81. The number of ether oxygens (including phenoxy) is 1. The van der Waals surface area contributed by atoms with Crippen LogP contribution in [0.1, 0.15) is 30.2 Å². The van der Waals surface area contributed by atoms with Crippen LogP contribution in [0.15, 0.2) is 5.38 Å². The van der Waals surface area contributed by atoms with Crippen molar-refractivity contribution in [2.24, 2.45) is 5.73 Å². The van der Waals surface area contributed by atoms with Gasteiger partial charge in [0.2, 0.25) is 0 Å². The van der Waals surface area contributed by atoms with E-state index in [1.807, 2.05) is 5.38 Å². The quantitative estimate of drug-likeness (QED) is 0.865. The number of nitrogens with two attached hydrogens (primary N) is 1. The van der Waals surface area contributed by atoms with Crippen molar-refractivity contribution in [1.82, 2.24) is 9.88 Å². The van der Waals surface area contributed by atoms with Crippen molar-refractivity contribution in [3.05, 3.63) is 16.1 Å². The number of nitrogens with zero attached hydrogens (tertiary/aromatic N) is 2. The van der Waals surface area contributed by atoms with Crippen molar-refractivity contribution in [3.63, 3.8) is 0 Å². The van der Waals surface area contributed by atoms with Crippen molar-refractivity contribution in [2.45, 2.75) is 26.0 Å². The molecule has 0 saturated carbocycles. The first-order chi connectivity index (χ1) is 7.83. The van der Waals surface area contributed by atoms with Gasteiger partial charge >= 0.3 is 0 Å². The fourth-order valence-electron chi connectivity index (χ4n) is 1.94. The zero-order chi connectivity index (χ0) is 11.4. The second-order valence-electron chi connectivity index (χ2n) is 4.04. The molecule has 2 heterocycles. The summed E-state index contributed by atoms with van der Waals surface area (Å²) >= 11 is 1.66. The normalized spacial score (nSPS) is 22.5. The van der Waals surface area contributed by atoms with Crippen LogP contribution in [0.3, 0.4) is 0 Å². The second-order valence-corrected chi connectivity index (χ2v) is 4.93. The molecule has 1 aromatic heterocycles. The molecule has 16 heavy (non-hydrogen) atoms. The van der Waals surface area contributed by atoms with E-state index < -0.39 is 0 Å². The van der Waals surface area contributed by atoms with Crippen molar-refractivity contribution in [1.29, 1.82) is 0 Å². The van der Waals surface area contributed by atoms with Gasteiger partial charge in [-0.25, -0.2) is 4.98 Å². The van der Waals surface area contributed by atoms with E-state index in [1.54, 1.807) is 11.3 Å². The van der Waals surface area contributed by atoms with Gasteiger partial charge in [-0.2, -0.15) is 0 Å². The zero-order valence-electron chi connectivity index (χ0n) is 9.69. The third-order valence-corrected chi connectivity index (χ3v) is 3.73. The predicted molar refractivity (Wildman–Crippen MR) is 65.4 cm³/mol. The number of rotatable bonds is 4. The van der Waals surface area contributed by atoms with E-state index in [-0.39, 0.29) is 6.10 Å². The third kappa shape index (κ3) is 2.79. The average molecular weight is 241 g/mol. The Bertz CT molecular complexity index is 327. The summed E-state index contributed by atoms with van der Waals surface area (Å²) in [6.45, 7) is 6.68. The fraction of sp³-hybridized carbons (Fsp3) is 0.727. The van der Waals surface area contributed by atoms with Gasteiger partial charge in [-0.1, -0.05) is 6.92 Å². The molecule has 0 radical (unpaired) electrons. The van der Waals surface area contributed by atoms with Crippen molar-refractivity contribution in [3.8, 4) is 0 Å². The van der Waals surface area contributed by atoms with E-state index >= 15 is 0 Å². The lowest BCUT2D eigenvalue weighted by Gasteiger charge is -2.31. The molecule has 1 unspecified atom stereocenters. The SMILES string of the molecule is CCCN1CCOC(c2nc(CN)cs2)C1. The predicted octanol–water partition coefficient (Wildman–Crippen LogP) is 1.39. The summed E-state index contributed by atoms with van der Waals surface area (Å²) in [7, 11) is 0. The van der Waals surface area contributed by atoms with E-state index in [9.17, 15) is 0 Å². The Balaban J connectivity index is 1.98. The zero-order valence-corrected chi connectivity index (χ0v) is 10.5. The number of hydrogen-bond donors (Lipinski definition) is 1. The van der Waals surface area contributed by atoms with Crippen LogP contribution in [0.5, 0.6) is 0 Å². The highest BCUT2D eigenvalue weighted by atomic mass is 32.1. The standard InChI is InChI=1S/C11H19N3OS/c1-2-3-14-4-5-15-10(7-14)11-13-9(6-12)8-16-11/h8,10H,2-7,12H2,1H3. The Hall–Kier alpha value is -0.490. The highest BCUT2D eigenvalue weighted by Crippen LogP contribution is 2.25. The lowest BCUT2D eigenvalue weighted by Crippen LogP contribution is -2.38. The molecule has 0 bridgehead atoms. The summed E-state index contributed by atoms with van der Waals surface area (Å²) < 4.78 is 5.76. The Morgan fingerprint density at radius 2 is 2.56 bits per heavy atom. The van der Waals surface area contributed by atoms with Gasteiger partial charge < -0.3 is 10.5 Å². The fourth-order valence-corrected chi connectivity index (χ4v) is 2.81. The lowest BCUT2D eigenvalue weighted by molar-refractivity contribution is -0.0299. The molecule has 1 saturated heterocycles. The van der Waals surface area contributed by atoms with Gasteiger partial charge in [-0.05, 0) is 13.0 Å². The monoisotopic (exact) mass is 241 g/mol. The van der Waals surface area contributed by atoms with Gasteiger partial charge in [0.05, 0.1) is 12.3 Å². The first kappa shape index (κ1) is 12.0. The largest absolute Gasteiger partial charge is 0.368 e. The molecule has 5 heteroatoms. The number of aromatic nitrogens is 1. The van der Waals surface area contributed by atoms with Gasteiger partial charge in [0.1, 0.15) is 11.1 Å². The number of thiazole rings is 1. The smallest absolute Gasteiger partial charge is 0.123 e. The molecule has 1 atom stereocenters. The molecule has 1 aromatic rings. The Morgan fingerprint density at radius 1 is 1.69 bits per heavy atom. The van der Waals surface area contributed by atoms with Crippen molar-refractivity contribution in [2.75, 3.05) is 26.2 Å². The highest BCUT2D eigenvalue weighted by molar-refractivity contribution is 7.09. The van der Waals surface area contributed by atoms with Crippen LogP contribution < -0.4 is 5.73 Å². The van der Waals surface area contributed by atoms with Crippen LogP contribution in [-0.4, -0.2) is 36.1 Å². The van der Waals surface area contributed by atoms with Gasteiger partial charge in [0, 0.05) is 25.0 Å². The van der Waals surface area contributed by atoms with E-state index in [1.165, 1.54) is 6.42 Å². The molecule has 1 aliphatic heterocycles. The average Bonchev–Trinajstić information content (AvgIpc) is 2.78. The molecule has 0 spiro atoms. The van der Waals surface area contributed by atoms with E-state index in [4.69, 9.17) is 10.5 Å². The van der Waals surface area contributed by atoms with Crippen LogP contribution in [0.2, 0.25) is 0 Å². The molecule has 0 aromatic carbocycles. The Labute approximate surface area is 100 Å². The van der Waals surface area contributed by atoms with Gasteiger partial charge in [-0.3, -0.25) is 4.90 Å². The maximum absolute atomic E-state index is 5.76. The molecular weight excluding hydrogens is 222 g/mol. The van der Waals surface area contributed by atoms with Crippen LogP contribution in [0.4, 0.5) is 0 Å². The van der Waals surface area contributed by atoms with Crippen LogP contribution in [0, 0.1) is 0 Å². The summed E-state index contributed by atoms with van der Waals surface area (Å²) in [4.78, 5) is 6.93. The second kappa shape index (κ2) is 5.72. The van der Waals surface area contributed by atoms with Crippen molar-refractivity contribution < 1.29 is 4.74 Å². The molecule has 2 rings (SSSR count). The molecule has 0 amide bonds. The molecule has 90 valence electrons. The van der Waals surface area contributed by atoms with Gasteiger partial charge in [0.15, 0.2) is 0 Å². The third-order valence-electron chi connectivity index (χ3n) is 2.74. The van der Waals surface area contributed by atoms with E-state index in [0.29, 0.717) is 6.54 Å². The Kier molecular flexibility index (Phi) is 4.29. The maximum atomic E-state index is 5.76. The van der Waals surface area contributed by atoms with E-state index in [2.05, 4.69) is 16.8 Å².